The van der Waals surface area contributed by atoms with Crippen molar-refractivity contribution < 1.29 is 9.59 Å². The fraction of sp³-hybridized carbons (Fsp3) is 0.533. The number of nitrogens with zero attached hydrogens (tertiary/aromatic N) is 2. The molecule has 2 heterocycles. The number of amides is 2. The van der Waals surface area contributed by atoms with Crippen LogP contribution in [-0.2, 0) is 16.1 Å². The average molecular weight is 275 g/mol. The largest absolute Gasteiger partial charge is 0.343 e. The molecular formula is C15H21N3O2. The summed E-state index contributed by atoms with van der Waals surface area (Å²) in [6.07, 6.45) is 4.07. The van der Waals surface area contributed by atoms with Crippen LogP contribution in [0, 0.1) is 5.92 Å². The third-order valence-corrected chi connectivity index (χ3v) is 3.49. The summed E-state index contributed by atoms with van der Waals surface area (Å²) in [5.41, 5.74) is 0.990. The van der Waals surface area contributed by atoms with Gasteiger partial charge in [0.05, 0.1) is 0 Å². The number of carbonyl (C=O) groups excluding carboxylic acids is 2. The fourth-order valence-corrected chi connectivity index (χ4v) is 2.47. The lowest BCUT2D eigenvalue weighted by atomic mass is 9.97. The van der Waals surface area contributed by atoms with Crippen LogP contribution >= 0.6 is 0 Å². The molecule has 1 aliphatic rings. The van der Waals surface area contributed by atoms with E-state index in [-0.39, 0.29) is 17.9 Å². The van der Waals surface area contributed by atoms with E-state index in [1.54, 1.807) is 24.2 Å². The number of rotatable bonds is 4. The minimum Gasteiger partial charge on any atom is -0.343 e. The first-order valence-corrected chi connectivity index (χ1v) is 6.98. The van der Waals surface area contributed by atoms with Gasteiger partial charge in [-0.15, -0.1) is 0 Å². The fourth-order valence-electron chi connectivity index (χ4n) is 2.47. The Morgan fingerprint density at radius 2 is 1.95 bits per heavy atom. The molecule has 5 nitrogen and oxygen atoms in total. The van der Waals surface area contributed by atoms with E-state index in [1.165, 1.54) is 0 Å². The van der Waals surface area contributed by atoms with Gasteiger partial charge in [0.1, 0.15) is 12.1 Å². The highest BCUT2D eigenvalue weighted by Crippen LogP contribution is 2.20. The summed E-state index contributed by atoms with van der Waals surface area (Å²) in [5, 5.41) is 2.76. The predicted octanol–water partition coefficient (Wildman–Crippen LogP) is 1.34. The molecule has 1 fully saturated rings. The van der Waals surface area contributed by atoms with E-state index in [4.69, 9.17) is 0 Å². The molecule has 0 aliphatic carbocycles. The third-order valence-electron chi connectivity index (χ3n) is 3.49. The minimum absolute atomic E-state index is 0.0212. The van der Waals surface area contributed by atoms with E-state index in [2.05, 4.69) is 24.1 Å². The van der Waals surface area contributed by atoms with Gasteiger partial charge in [-0.05, 0) is 37.0 Å². The zero-order valence-electron chi connectivity index (χ0n) is 12.2. The molecule has 2 unspecified atom stereocenters. The van der Waals surface area contributed by atoms with E-state index >= 15 is 0 Å². The first-order valence-electron chi connectivity index (χ1n) is 6.98. The van der Waals surface area contributed by atoms with E-state index in [0.717, 1.165) is 5.56 Å². The molecule has 1 aromatic heterocycles. The first kappa shape index (κ1) is 14.5. The van der Waals surface area contributed by atoms with Crippen molar-refractivity contribution in [3.8, 4) is 0 Å². The number of hydrogen-bond acceptors (Lipinski definition) is 3. The van der Waals surface area contributed by atoms with Crippen LogP contribution < -0.4 is 5.32 Å². The maximum absolute atomic E-state index is 12.4. The summed E-state index contributed by atoms with van der Waals surface area (Å²) in [6, 6.07) is 2.91. The van der Waals surface area contributed by atoms with Crippen molar-refractivity contribution >= 4 is 11.8 Å². The lowest BCUT2D eigenvalue weighted by Crippen LogP contribution is -2.62. The monoisotopic (exact) mass is 275 g/mol. The van der Waals surface area contributed by atoms with Gasteiger partial charge in [-0.2, -0.15) is 0 Å². The molecule has 20 heavy (non-hydrogen) atoms. The van der Waals surface area contributed by atoms with Crippen LogP contribution in [0.3, 0.4) is 0 Å². The number of piperazine rings is 1. The molecular weight excluding hydrogens is 254 g/mol. The molecule has 0 radical (unpaired) electrons. The van der Waals surface area contributed by atoms with Crippen molar-refractivity contribution in [1.29, 1.82) is 0 Å². The molecule has 0 spiro atoms. The van der Waals surface area contributed by atoms with Gasteiger partial charge in [0.15, 0.2) is 0 Å². The average Bonchev–Trinajstić information content (AvgIpc) is 2.41. The maximum atomic E-state index is 12.4. The summed E-state index contributed by atoms with van der Waals surface area (Å²) in [4.78, 5) is 30.2. The van der Waals surface area contributed by atoms with Crippen LogP contribution in [0.1, 0.15) is 32.8 Å². The first-order chi connectivity index (χ1) is 9.49. The predicted molar refractivity (Wildman–Crippen MR) is 75.6 cm³/mol. The summed E-state index contributed by atoms with van der Waals surface area (Å²) < 4.78 is 0. The third kappa shape index (κ3) is 3.15. The Morgan fingerprint density at radius 3 is 2.55 bits per heavy atom. The second-order valence-electron chi connectivity index (χ2n) is 5.70. The van der Waals surface area contributed by atoms with E-state index in [1.807, 2.05) is 12.1 Å². The number of aromatic nitrogens is 1. The van der Waals surface area contributed by atoms with Crippen molar-refractivity contribution in [3.05, 3.63) is 30.1 Å². The van der Waals surface area contributed by atoms with Crippen molar-refractivity contribution in [3.63, 3.8) is 0 Å². The molecule has 0 bridgehead atoms. The Bertz CT molecular complexity index is 487. The Hall–Kier alpha value is -1.91. The lowest BCUT2D eigenvalue weighted by molar-refractivity contribution is -0.150. The highest BCUT2D eigenvalue weighted by molar-refractivity contribution is 5.96. The molecule has 2 atom stereocenters. The highest BCUT2D eigenvalue weighted by atomic mass is 16.2. The standard InChI is InChI=1S/C15H21N3O2/c1-10(2)8-13-14(19)17-11(3)15(20)18(13)9-12-4-6-16-7-5-12/h4-7,10-11,13H,8-9H2,1-3H3,(H,17,19). The van der Waals surface area contributed by atoms with E-state index in [9.17, 15) is 9.59 Å². The Balaban J connectivity index is 2.22. The summed E-state index contributed by atoms with van der Waals surface area (Å²) in [5.74, 6) is 0.277. The van der Waals surface area contributed by atoms with Crippen molar-refractivity contribution in [2.45, 2.75) is 45.8 Å². The molecule has 2 rings (SSSR count). The second kappa shape index (κ2) is 6.03. The quantitative estimate of drug-likeness (QED) is 0.902. The van der Waals surface area contributed by atoms with Crippen LogP contribution in [0.15, 0.2) is 24.5 Å². The topological polar surface area (TPSA) is 62.3 Å². The van der Waals surface area contributed by atoms with Gasteiger partial charge in [0.2, 0.25) is 11.8 Å². The van der Waals surface area contributed by atoms with Crippen LogP contribution in [0.2, 0.25) is 0 Å². The molecule has 1 aliphatic heterocycles. The Labute approximate surface area is 119 Å². The van der Waals surface area contributed by atoms with Gasteiger partial charge >= 0.3 is 0 Å². The van der Waals surface area contributed by atoms with Gasteiger partial charge in [0.25, 0.3) is 0 Å². The van der Waals surface area contributed by atoms with Gasteiger partial charge in [-0.25, -0.2) is 0 Å². The molecule has 1 saturated heterocycles. The number of carbonyl (C=O) groups is 2. The molecule has 5 heteroatoms. The van der Waals surface area contributed by atoms with Crippen LogP contribution in [0.4, 0.5) is 0 Å². The van der Waals surface area contributed by atoms with Crippen LogP contribution in [0.25, 0.3) is 0 Å². The number of pyridine rings is 1. The minimum atomic E-state index is -0.451. The smallest absolute Gasteiger partial charge is 0.245 e. The Morgan fingerprint density at radius 1 is 1.30 bits per heavy atom. The van der Waals surface area contributed by atoms with Crippen molar-refractivity contribution in [2.75, 3.05) is 0 Å². The second-order valence-corrected chi connectivity index (χ2v) is 5.70. The summed E-state index contributed by atoms with van der Waals surface area (Å²) in [7, 11) is 0. The van der Waals surface area contributed by atoms with Crippen LogP contribution in [-0.4, -0.2) is 33.8 Å². The SMILES string of the molecule is CC(C)CC1C(=O)NC(C)C(=O)N1Cc1ccncc1. The van der Waals surface area contributed by atoms with Gasteiger partial charge < -0.3 is 10.2 Å². The van der Waals surface area contributed by atoms with Crippen molar-refractivity contribution in [1.82, 2.24) is 15.2 Å². The number of nitrogens with one attached hydrogen (secondary N) is 1. The highest BCUT2D eigenvalue weighted by Gasteiger charge is 2.38. The molecule has 1 aromatic rings. The van der Waals surface area contributed by atoms with Gasteiger partial charge in [-0.1, -0.05) is 13.8 Å². The molecule has 108 valence electrons. The Kier molecular flexibility index (Phi) is 4.37. The molecule has 0 aromatic carbocycles. The van der Waals surface area contributed by atoms with E-state index < -0.39 is 6.04 Å². The normalized spacial score (nSPS) is 23.1. The number of hydrogen-bond donors (Lipinski definition) is 1. The molecule has 1 N–H and O–H groups in total. The van der Waals surface area contributed by atoms with Crippen molar-refractivity contribution in [2.24, 2.45) is 5.92 Å². The maximum Gasteiger partial charge on any atom is 0.245 e. The van der Waals surface area contributed by atoms with Gasteiger partial charge in [-0.3, -0.25) is 14.6 Å². The van der Waals surface area contributed by atoms with Crippen LogP contribution in [0.5, 0.6) is 0 Å². The summed E-state index contributed by atoms with van der Waals surface area (Å²) >= 11 is 0. The summed E-state index contributed by atoms with van der Waals surface area (Å²) in [6.45, 7) is 6.29. The molecule has 0 saturated carbocycles. The lowest BCUT2D eigenvalue weighted by Gasteiger charge is -2.38. The molecule has 2 amide bonds. The van der Waals surface area contributed by atoms with Gasteiger partial charge in [0, 0.05) is 18.9 Å². The zero-order valence-corrected chi connectivity index (χ0v) is 12.2. The zero-order chi connectivity index (χ0) is 14.7. The van der Waals surface area contributed by atoms with E-state index in [0.29, 0.717) is 18.9 Å².